The molecule has 0 aromatic rings. The summed E-state index contributed by atoms with van der Waals surface area (Å²) in [5.41, 5.74) is 0. The maximum absolute atomic E-state index is 10.8. The lowest BCUT2D eigenvalue weighted by Crippen LogP contribution is -2.11. The third-order valence-corrected chi connectivity index (χ3v) is 3.74. The van der Waals surface area contributed by atoms with Crippen molar-refractivity contribution in [2.75, 3.05) is 0 Å². The minimum Gasteiger partial charge on any atom is -0.463 e. The molecule has 124 valence electrons. The largest absolute Gasteiger partial charge is 0.463 e. The van der Waals surface area contributed by atoms with Gasteiger partial charge in [-0.2, -0.15) is 0 Å². The van der Waals surface area contributed by atoms with Crippen molar-refractivity contribution >= 4 is 5.97 Å². The average Bonchev–Trinajstić information content (AvgIpc) is 2.43. The Morgan fingerprint density at radius 3 is 2.00 bits per heavy atom. The maximum atomic E-state index is 10.8. The van der Waals surface area contributed by atoms with Gasteiger partial charge in [0.1, 0.15) is 0 Å². The van der Waals surface area contributed by atoms with Gasteiger partial charge in [-0.3, -0.25) is 4.79 Å². The van der Waals surface area contributed by atoms with Crippen molar-refractivity contribution in [2.45, 2.75) is 104 Å². The molecular weight excluding hydrogens is 260 g/mol. The molecule has 0 spiro atoms. The third-order valence-electron chi connectivity index (χ3n) is 3.74. The van der Waals surface area contributed by atoms with Crippen LogP contribution in [0.25, 0.3) is 0 Å². The summed E-state index contributed by atoms with van der Waals surface area (Å²) in [6, 6.07) is 0. The normalized spacial score (nSPS) is 12.7. The molecule has 0 bridgehead atoms. The lowest BCUT2D eigenvalue weighted by atomic mass is 10.1. The minimum absolute atomic E-state index is 0.0852. The second-order valence-corrected chi connectivity index (χ2v) is 6.09. The number of ether oxygens (including phenoxy) is 1. The van der Waals surface area contributed by atoms with Crippen molar-refractivity contribution in [1.82, 2.24) is 0 Å². The van der Waals surface area contributed by atoms with Gasteiger partial charge in [-0.1, -0.05) is 64.0 Å². The average molecular weight is 296 g/mol. The molecule has 2 heteroatoms. The van der Waals surface area contributed by atoms with Crippen molar-refractivity contribution in [3.05, 3.63) is 12.2 Å². The van der Waals surface area contributed by atoms with Crippen molar-refractivity contribution < 1.29 is 9.53 Å². The van der Waals surface area contributed by atoms with Gasteiger partial charge < -0.3 is 4.74 Å². The van der Waals surface area contributed by atoms with E-state index >= 15 is 0 Å². The van der Waals surface area contributed by atoms with Crippen LogP contribution in [0.15, 0.2) is 12.2 Å². The summed E-state index contributed by atoms with van der Waals surface area (Å²) in [5, 5.41) is 0. The highest BCUT2D eigenvalue weighted by Crippen LogP contribution is 2.12. The quantitative estimate of drug-likeness (QED) is 0.217. The summed E-state index contributed by atoms with van der Waals surface area (Å²) < 4.78 is 5.11. The molecule has 0 fully saturated rings. The second kappa shape index (κ2) is 15.6. The summed E-state index contributed by atoms with van der Waals surface area (Å²) in [5.74, 6) is -0.161. The molecule has 0 rings (SSSR count). The van der Waals surface area contributed by atoms with Crippen LogP contribution in [0.4, 0.5) is 0 Å². The van der Waals surface area contributed by atoms with E-state index in [0.29, 0.717) is 0 Å². The Hall–Kier alpha value is -0.790. The lowest BCUT2D eigenvalue weighted by Gasteiger charge is -2.11. The van der Waals surface area contributed by atoms with Gasteiger partial charge in [-0.15, -0.1) is 0 Å². The van der Waals surface area contributed by atoms with Crippen LogP contribution >= 0.6 is 0 Å². The Kier molecular flexibility index (Phi) is 15.0. The van der Waals surface area contributed by atoms with E-state index in [2.05, 4.69) is 19.1 Å². The smallest absolute Gasteiger partial charge is 0.302 e. The maximum Gasteiger partial charge on any atom is 0.302 e. The number of hydrogen-bond acceptors (Lipinski definition) is 2. The molecule has 0 amide bonds. The fourth-order valence-corrected chi connectivity index (χ4v) is 2.48. The number of esters is 1. The first kappa shape index (κ1) is 20.2. The van der Waals surface area contributed by atoms with Crippen LogP contribution in [0, 0.1) is 0 Å². The standard InChI is InChI=1S/C19H36O2/c1-4-5-6-7-8-9-10-11-12-13-14-15-16-17-18(2)21-19(3)20/h7-8,18H,4-6,9-17H2,1-3H3/t18-/m1/s1. The molecule has 0 aliphatic rings. The van der Waals surface area contributed by atoms with Crippen LogP contribution in [-0.4, -0.2) is 12.1 Å². The predicted octanol–water partition coefficient (Wildman–Crippen LogP) is 6.20. The van der Waals surface area contributed by atoms with E-state index in [1.54, 1.807) is 0 Å². The fourth-order valence-electron chi connectivity index (χ4n) is 2.48. The van der Waals surface area contributed by atoms with E-state index < -0.39 is 0 Å². The second-order valence-electron chi connectivity index (χ2n) is 6.09. The Morgan fingerprint density at radius 1 is 0.905 bits per heavy atom. The van der Waals surface area contributed by atoms with E-state index in [1.165, 1.54) is 77.6 Å². The highest BCUT2D eigenvalue weighted by molar-refractivity contribution is 5.66. The zero-order chi connectivity index (χ0) is 15.8. The zero-order valence-corrected chi connectivity index (χ0v) is 14.5. The molecule has 21 heavy (non-hydrogen) atoms. The topological polar surface area (TPSA) is 26.3 Å². The first-order chi connectivity index (χ1) is 10.2. The summed E-state index contributed by atoms with van der Waals surface area (Å²) >= 11 is 0. The number of carbonyl (C=O) groups is 1. The Labute approximate surface area is 132 Å². The SMILES string of the molecule is CCCCC=CCCCCCCCCC[C@@H](C)OC(C)=O. The number of rotatable bonds is 14. The molecule has 0 aliphatic carbocycles. The Balaban J connectivity index is 3.15. The van der Waals surface area contributed by atoms with Crippen molar-refractivity contribution in [2.24, 2.45) is 0 Å². The first-order valence-electron chi connectivity index (χ1n) is 8.99. The fraction of sp³-hybridized carbons (Fsp3) is 0.842. The number of allylic oxidation sites excluding steroid dienone is 2. The number of unbranched alkanes of at least 4 members (excludes halogenated alkanes) is 9. The van der Waals surface area contributed by atoms with E-state index in [-0.39, 0.29) is 12.1 Å². The molecule has 0 unspecified atom stereocenters. The van der Waals surface area contributed by atoms with Gasteiger partial charge in [-0.05, 0) is 39.0 Å². The van der Waals surface area contributed by atoms with Gasteiger partial charge in [-0.25, -0.2) is 0 Å². The van der Waals surface area contributed by atoms with Gasteiger partial charge in [0.05, 0.1) is 6.10 Å². The molecule has 0 aromatic heterocycles. The monoisotopic (exact) mass is 296 g/mol. The van der Waals surface area contributed by atoms with Crippen LogP contribution in [-0.2, 0) is 9.53 Å². The summed E-state index contributed by atoms with van der Waals surface area (Å²) in [4.78, 5) is 10.8. The van der Waals surface area contributed by atoms with Crippen molar-refractivity contribution in [3.63, 3.8) is 0 Å². The zero-order valence-electron chi connectivity index (χ0n) is 14.5. The Morgan fingerprint density at radius 2 is 1.43 bits per heavy atom. The molecule has 0 saturated heterocycles. The molecular formula is C19H36O2. The number of carbonyl (C=O) groups excluding carboxylic acids is 1. The Bertz CT molecular complexity index is 258. The van der Waals surface area contributed by atoms with E-state index in [9.17, 15) is 4.79 Å². The summed E-state index contributed by atoms with van der Waals surface area (Å²) in [7, 11) is 0. The number of hydrogen-bond donors (Lipinski definition) is 0. The molecule has 0 radical (unpaired) electrons. The lowest BCUT2D eigenvalue weighted by molar-refractivity contribution is -0.145. The predicted molar refractivity (Wildman–Crippen MR) is 91.4 cm³/mol. The van der Waals surface area contributed by atoms with Crippen molar-refractivity contribution in [3.8, 4) is 0 Å². The highest BCUT2D eigenvalue weighted by Gasteiger charge is 2.04. The van der Waals surface area contributed by atoms with Gasteiger partial charge in [0.2, 0.25) is 0 Å². The van der Waals surface area contributed by atoms with Crippen LogP contribution < -0.4 is 0 Å². The third kappa shape index (κ3) is 17.2. The molecule has 0 saturated carbocycles. The minimum atomic E-state index is -0.161. The summed E-state index contributed by atoms with van der Waals surface area (Å²) in [6.07, 6.45) is 20.1. The van der Waals surface area contributed by atoms with Crippen molar-refractivity contribution in [1.29, 1.82) is 0 Å². The molecule has 1 atom stereocenters. The highest BCUT2D eigenvalue weighted by atomic mass is 16.5. The van der Waals surface area contributed by atoms with Gasteiger partial charge in [0.15, 0.2) is 0 Å². The van der Waals surface area contributed by atoms with Crippen LogP contribution in [0.1, 0.15) is 97.8 Å². The van der Waals surface area contributed by atoms with Gasteiger partial charge in [0.25, 0.3) is 0 Å². The van der Waals surface area contributed by atoms with Crippen LogP contribution in [0.3, 0.4) is 0 Å². The molecule has 0 heterocycles. The van der Waals surface area contributed by atoms with Crippen LogP contribution in [0.2, 0.25) is 0 Å². The molecule has 0 aromatic carbocycles. The first-order valence-corrected chi connectivity index (χ1v) is 8.99. The molecule has 0 aliphatic heterocycles. The molecule has 0 N–H and O–H groups in total. The molecule has 2 nitrogen and oxygen atoms in total. The van der Waals surface area contributed by atoms with Crippen LogP contribution in [0.5, 0.6) is 0 Å². The van der Waals surface area contributed by atoms with Gasteiger partial charge in [0, 0.05) is 6.92 Å². The summed E-state index contributed by atoms with van der Waals surface area (Å²) in [6.45, 7) is 5.70. The van der Waals surface area contributed by atoms with Gasteiger partial charge >= 0.3 is 5.97 Å². The van der Waals surface area contributed by atoms with E-state index in [0.717, 1.165) is 6.42 Å². The van der Waals surface area contributed by atoms with E-state index in [1.807, 2.05) is 6.92 Å². The van der Waals surface area contributed by atoms with E-state index in [4.69, 9.17) is 4.74 Å².